The Hall–Kier alpha value is -5.46. The van der Waals surface area contributed by atoms with Crippen LogP contribution in [0.25, 0.3) is 61.6 Å². The van der Waals surface area contributed by atoms with E-state index in [0.717, 1.165) is 38.7 Å². The van der Waals surface area contributed by atoms with E-state index in [-0.39, 0.29) is 48.9 Å². The molecule has 0 saturated heterocycles. The van der Waals surface area contributed by atoms with E-state index in [2.05, 4.69) is 129 Å². The molecule has 1 aliphatic heterocycles. The third-order valence-electron chi connectivity index (χ3n) is 10.6. The van der Waals surface area contributed by atoms with Gasteiger partial charge in [0.2, 0.25) is 8.32 Å². The molecule has 9 rings (SSSR count). The van der Waals surface area contributed by atoms with Gasteiger partial charge in [-0.15, -0.1) is 59.2 Å². The second kappa shape index (κ2) is 17.0. The van der Waals surface area contributed by atoms with Crippen LogP contribution in [-0.4, -0.2) is 22.9 Å². The van der Waals surface area contributed by atoms with Crippen LogP contribution in [-0.2, 0) is 20.1 Å². The van der Waals surface area contributed by atoms with Gasteiger partial charge in [0, 0.05) is 51.8 Å². The summed E-state index contributed by atoms with van der Waals surface area (Å²) in [6.45, 7) is 9.10. The number of aromatic nitrogens is 3. The molecule has 4 nitrogen and oxygen atoms in total. The minimum absolute atomic E-state index is 0. The molecule has 1 aliphatic rings. The van der Waals surface area contributed by atoms with Crippen LogP contribution in [0, 0.1) is 31.7 Å². The number of hydrogen-bond donors (Lipinski definition) is 0. The number of aryl methyl sites for hydroxylation is 2. The van der Waals surface area contributed by atoms with Gasteiger partial charge in [0.1, 0.15) is 11.6 Å². The van der Waals surface area contributed by atoms with Crippen molar-refractivity contribution in [1.29, 1.82) is 0 Å². The molecule has 6 aromatic carbocycles. The summed E-state index contributed by atoms with van der Waals surface area (Å²) >= 11 is 0. The van der Waals surface area contributed by atoms with Crippen molar-refractivity contribution in [2.24, 2.45) is 0 Å². The normalized spacial score (nSPS) is 14.5. The van der Waals surface area contributed by atoms with Crippen LogP contribution >= 0.6 is 0 Å². The van der Waals surface area contributed by atoms with Crippen LogP contribution in [0.4, 0.5) is 4.39 Å². The van der Waals surface area contributed by atoms with E-state index in [1.165, 1.54) is 64.5 Å². The van der Waals surface area contributed by atoms with Crippen LogP contribution < -0.4 is 9.61 Å². The van der Waals surface area contributed by atoms with E-state index >= 15 is 0 Å². The zero-order valence-electron chi connectivity index (χ0n) is 39.8. The van der Waals surface area contributed by atoms with E-state index in [0.29, 0.717) is 17.0 Å². The summed E-state index contributed by atoms with van der Waals surface area (Å²) in [6.07, 6.45) is 1.30. The molecular formula is C52H48FIrN3OSi-2. The number of fused-ring (bicyclic) bond motifs is 4. The van der Waals surface area contributed by atoms with Crippen molar-refractivity contribution < 1.29 is 37.1 Å². The van der Waals surface area contributed by atoms with E-state index in [4.69, 9.17) is 17.6 Å². The molecule has 0 atom stereocenters. The number of hydrogen-bond acceptors (Lipinski definition) is 3. The van der Waals surface area contributed by atoms with Gasteiger partial charge in [-0.2, -0.15) is 0 Å². The van der Waals surface area contributed by atoms with Gasteiger partial charge in [0.05, 0.1) is 16.9 Å². The Labute approximate surface area is 371 Å². The van der Waals surface area contributed by atoms with Crippen LogP contribution in [0.3, 0.4) is 0 Å². The topological polar surface area (TPSA) is 39.9 Å². The predicted octanol–water partition coefficient (Wildman–Crippen LogP) is 13.2. The van der Waals surface area contributed by atoms with Crippen molar-refractivity contribution in [3.05, 3.63) is 174 Å². The Kier molecular flexibility index (Phi) is 9.93. The van der Waals surface area contributed by atoms with Crippen LogP contribution in [0.2, 0.25) is 13.1 Å². The van der Waals surface area contributed by atoms with Crippen molar-refractivity contribution >= 4 is 24.5 Å². The summed E-state index contributed by atoms with van der Waals surface area (Å²) in [7, 11) is -2.56. The summed E-state index contributed by atoms with van der Waals surface area (Å²) in [5.74, 6) is 1.71. The quantitative estimate of drug-likeness (QED) is 0.123. The first-order valence-corrected chi connectivity index (χ1v) is 22.5. The number of imidazole rings is 1. The van der Waals surface area contributed by atoms with Crippen LogP contribution in [0.5, 0.6) is 5.75 Å². The number of benzene rings is 6. The molecule has 8 aromatic rings. The van der Waals surface area contributed by atoms with Gasteiger partial charge in [-0.05, 0) is 102 Å². The molecule has 0 spiro atoms. The summed E-state index contributed by atoms with van der Waals surface area (Å²) < 4.78 is 66.9. The smallest absolute Gasteiger partial charge is 0.231 e. The molecule has 7 heteroatoms. The molecule has 299 valence electrons. The van der Waals surface area contributed by atoms with Gasteiger partial charge < -0.3 is 14.0 Å². The number of rotatable bonds is 6. The predicted molar refractivity (Wildman–Crippen MR) is 240 cm³/mol. The molecule has 0 fully saturated rings. The summed E-state index contributed by atoms with van der Waals surface area (Å²) in [5.41, 5.74) is 12.6. The molecule has 0 amide bonds. The van der Waals surface area contributed by atoms with E-state index in [1.807, 2.05) is 18.2 Å². The van der Waals surface area contributed by atoms with Crippen molar-refractivity contribution in [3.63, 3.8) is 0 Å². The van der Waals surface area contributed by atoms with Crippen molar-refractivity contribution in [2.75, 3.05) is 0 Å². The second-order valence-electron chi connectivity index (χ2n) is 15.8. The summed E-state index contributed by atoms with van der Waals surface area (Å²) in [4.78, 5) is 9.40. The molecule has 59 heavy (non-hydrogen) atoms. The number of nitrogens with zero attached hydrogens (tertiary/aromatic N) is 3. The molecule has 0 aliphatic carbocycles. The summed E-state index contributed by atoms with van der Waals surface area (Å²) in [6, 6.07) is 46.7. The number of pyridine rings is 1. The van der Waals surface area contributed by atoms with Gasteiger partial charge in [0.25, 0.3) is 0 Å². The summed E-state index contributed by atoms with van der Waals surface area (Å²) in [5, 5.41) is 1.13. The fourth-order valence-electron chi connectivity index (χ4n) is 7.83. The molecule has 0 saturated carbocycles. The SMILES string of the molecule is CC(C)c1cc(-c2ccccc2)cc(C(C)C)c1-n1c(-c2[c-]ccc3c2[Si](C)(C)Oc2cc(F)ccc2-3)nc2ccccc21.[2H]C([2H])([2H])c1c[c-]c(-c2ccc(C([2H])([2H])[2H])cn2)cc1.[Ir]. The van der Waals surface area contributed by atoms with Crippen molar-refractivity contribution in [3.8, 4) is 56.3 Å². The minimum Gasteiger partial charge on any atom is -0.547 e. The fourth-order valence-corrected chi connectivity index (χ4v) is 10.3. The van der Waals surface area contributed by atoms with Gasteiger partial charge >= 0.3 is 0 Å². The third-order valence-corrected chi connectivity index (χ3v) is 13.0. The Bertz CT molecular complexity index is 2900. The van der Waals surface area contributed by atoms with Crippen molar-refractivity contribution in [1.82, 2.24) is 14.5 Å². The minimum atomic E-state index is -2.56. The first-order valence-electron chi connectivity index (χ1n) is 22.6. The number of halogens is 1. The Morgan fingerprint density at radius 1 is 0.746 bits per heavy atom. The molecular weight excluding hydrogens is 922 g/mol. The standard InChI is InChI=1S/C39H36FN2OSi.C13H12N.Ir/c1-24(2)32-21-27(26-13-8-7-9-14-26)22-33(25(3)4)37(32)42-35-18-11-10-17-34(35)41-39(42)31-16-12-15-30-29-20-19-28(40)23-36(29)43-44(5,6)38(30)31;1-10-3-6-12(7-4-10)13-8-5-11(2)9-14-13;/h7-15,17-25H,1-6H3;3-6,8-9H,1-2H3;/q2*-1;/i;1D3,2D3;. The van der Waals surface area contributed by atoms with Gasteiger partial charge in [-0.3, -0.25) is 4.98 Å². The fraction of sp³-hybridized carbons (Fsp3) is 0.192. The van der Waals surface area contributed by atoms with Crippen molar-refractivity contribution in [2.45, 2.75) is 66.3 Å². The maximum absolute atomic E-state index is 14.3. The number of para-hydroxylation sites is 2. The molecule has 3 heterocycles. The van der Waals surface area contributed by atoms with E-state index < -0.39 is 22.0 Å². The zero-order valence-corrected chi connectivity index (χ0v) is 37.2. The van der Waals surface area contributed by atoms with Crippen LogP contribution in [0.15, 0.2) is 134 Å². The van der Waals surface area contributed by atoms with Crippen LogP contribution in [0.1, 0.15) is 70.0 Å². The molecule has 0 bridgehead atoms. The van der Waals surface area contributed by atoms with Gasteiger partial charge in [-0.25, -0.2) is 4.39 Å². The monoisotopic (exact) mass is 976 g/mol. The Morgan fingerprint density at radius 3 is 2.12 bits per heavy atom. The first kappa shape index (κ1) is 34.4. The largest absolute Gasteiger partial charge is 0.547 e. The maximum atomic E-state index is 14.3. The second-order valence-corrected chi connectivity index (χ2v) is 19.5. The molecule has 1 radical (unpaired) electrons. The molecule has 0 unspecified atom stereocenters. The van der Waals surface area contributed by atoms with E-state index in [9.17, 15) is 4.39 Å². The Balaban J connectivity index is 0.000000253. The average Bonchev–Trinajstić information content (AvgIpc) is 3.64. The van der Waals surface area contributed by atoms with Gasteiger partial charge in [0.15, 0.2) is 0 Å². The maximum Gasteiger partial charge on any atom is 0.231 e. The first-order chi connectivity index (χ1) is 30.3. The Morgan fingerprint density at radius 2 is 1.46 bits per heavy atom. The molecule has 0 N–H and O–H groups in total. The zero-order chi connectivity index (χ0) is 45.7. The average molecular weight is 976 g/mol. The van der Waals surface area contributed by atoms with E-state index in [1.54, 1.807) is 12.1 Å². The third kappa shape index (κ3) is 8.25. The molecule has 2 aromatic heterocycles. The van der Waals surface area contributed by atoms with Gasteiger partial charge in [-0.1, -0.05) is 99.9 Å².